The highest BCUT2D eigenvalue weighted by Crippen LogP contribution is 2.29. The van der Waals surface area contributed by atoms with Gasteiger partial charge in [-0.1, -0.05) is 17.7 Å². The average molecular weight is 347 g/mol. The van der Waals surface area contributed by atoms with Gasteiger partial charge in [0.1, 0.15) is 0 Å². The van der Waals surface area contributed by atoms with Gasteiger partial charge >= 0.3 is 0 Å². The van der Waals surface area contributed by atoms with Crippen molar-refractivity contribution in [3.8, 4) is 0 Å². The van der Waals surface area contributed by atoms with Crippen molar-refractivity contribution in [1.82, 2.24) is 0 Å². The Balaban J connectivity index is 2.22. The molecule has 0 aliphatic carbocycles. The Kier molecular flexibility index (Phi) is 4.42. The number of nitrogens with one attached hydrogen (secondary N) is 1. The van der Waals surface area contributed by atoms with Crippen molar-refractivity contribution in [3.63, 3.8) is 0 Å². The molecule has 0 aliphatic heterocycles. The Hall–Kier alpha value is -1.13. The van der Waals surface area contributed by atoms with E-state index in [1.54, 1.807) is 18.2 Å². The van der Waals surface area contributed by atoms with Gasteiger partial charge < -0.3 is 5.32 Å². The van der Waals surface area contributed by atoms with Crippen LogP contribution in [0.1, 0.15) is 18.5 Å². The lowest BCUT2D eigenvalue weighted by atomic mass is 10.1. The van der Waals surface area contributed by atoms with Gasteiger partial charge in [-0.05, 0) is 58.7 Å². The van der Waals surface area contributed by atoms with E-state index < -0.39 is 11.6 Å². The molecule has 1 nitrogen and oxygen atoms in total. The van der Waals surface area contributed by atoms with Gasteiger partial charge in [0, 0.05) is 15.5 Å². The quantitative estimate of drug-likeness (QED) is 0.768. The van der Waals surface area contributed by atoms with Crippen LogP contribution in [0, 0.1) is 11.6 Å². The van der Waals surface area contributed by atoms with Crippen molar-refractivity contribution in [2.45, 2.75) is 13.0 Å². The fraction of sp³-hybridized carbons (Fsp3) is 0.143. The summed E-state index contributed by atoms with van der Waals surface area (Å²) in [5.74, 6) is -1.70. The first-order valence-corrected chi connectivity index (χ1v) is 6.81. The Labute approximate surface area is 123 Å². The Morgan fingerprint density at radius 3 is 2.53 bits per heavy atom. The summed E-state index contributed by atoms with van der Waals surface area (Å²) in [5.41, 5.74) is 1.45. The third-order valence-corrected chi connectivity index (χ3v) is 3.67. The maximum Gasteiger partial charge on any atom is 0.159 e. The molecule has 0 spiro atoms. The summed E-state index contributed by atoms with van der Waals surface area (Å²) in [7, 11) is 0. The predicted molar refractivity (Wildman–Crippen MR) is 77.5 cm³/mol. The zero-order valence-electron chi connectivity index (χ0n) is 10.1. The van der Waals surface area contributed by atoms with E-state index in [4.69, 9.17) is 11.6 Å². The zero-order chi connectivity index (χ0) is 14.0. The average Bonchev–Trinajstić information content (AvgIpc) is 2.37. The molecule has 0 radical (unpaired) electrons. The van der Waals surface area contributed by atoms with Gasteiger partial charge in [-0.15, -0.1) is 0 Å². The molecule has 0 aromatic heterocycles. The van der Waals surface area contributed by atoms with E-state index >= 15 is 0 Å². The first kappa shape index (κ1) is 14.3. The normalized spacial score (nSPS) is 12.3. The van der Waals surface area contributed by atoms with E-state index in [-0.39, 0.29) is 6.04 Å². The summed E-state index contributed by atoms with van der Waals surface area (Å²) in [6.45, 7) is 1.86. The van der Waals surface area contributed by atoms with Crippen molar-refractivity contribution in [1.29, 1.82) is 0 Å². The highest BCUT2D eigenvalue weighted by Gasteiger charge is 2.10. The topological polar surface area (TPSA) is 12.0 Å². The number of benzene rings is 2. The van der Waals surface area contributed by atoms with E-state index in [2.05, 4.69) is 21.2 Å². The van der Waals surface area contributed by atoms with Gasteiger partial charge in [0.15, 0.2) is 11.6 Å². The molecular weight excluding hydrogens is 336 g/mol. The van der Waals surface area contributed by atoms with Crippen molar-refractivity contribution in [3.05, 3.63) is 63.1 Å². The number of halogens is 4. The smallest absolute Gasteiger partial charge is 0.159 e. The third-order valence-electron chi connectivity index (χ3n) is 2.74. The lowest BCUT2D eigenvalue weighted by Gasteiger charge is -2.17. The Morgan fingerprint density at radius 1 is 1.11 bits per heavy atom. The third kappa shape index (κ3) is 3.45. The SMILES string of the molecule is CC(Nc1cc(Cl)ccc1Br)c1ccc(F)c(F)c1. The standard InChI is InChI=1S/C14H11BrClF2N/c1-8(9-2-5-12(17)13(18)6-9)19-14-7-10(16)3-4-11(14)15/h2-8,19H,1H3. The molecule has 0 saturated carbocycles. The summed E-state index contributed by atoms with van der Waals surface area (Å²) < 4.78 is 26.9. The minimum absolute atomic E-state index is 0.176. The van der Waals surface area contributed by atoms with Crippen LogP contribution in [0.25, 0.3) is 0 Å². The van der Waals surface area contributed by atoms with Crippen molar-refractivity contribution < 1.29 is 8.78 Å². The maximum atomic E-state index is 13.2. The summed E-state index contributed by atoms with van der Waals surface area (Å²) in [5, 5.41) is 3.79. The molecule has 1 unspecified atom stereocenters. The van der Waals surface area contributed by atoms with E-state index in [0.29, 0.717) is 10.6 Å². The van der Waals surface area contributed by atoms with Gasteiger partial charge in [0.2, 0.25) is 0 Å². The second kappa shape index (κ2) is 5.88. The fourth-order valence-electron chi connectivity index (χ4n) is 1.71. The lowest BCUT2D eigenvalue weighted by Crippen LogP contribution is -2.07. The largest absolute Gasteiger partial charge is 0.378 e. The van der Waals surface area contributed by atoms with Crippen LogP contribution < -0.4 is 5.32 Å². The number of rotatable bonds is 3. The van der Waals surface area contributed by atoms with E-state index in [1.165, 1.54) is 6.07 Å². The van der Waals surface area contributed by atoms with Crippen LogP contribution in [0.3, 0.4) is 0 Å². The van der Waals surface area contributed by atoms with Crippen molar-refractivity contribution in [2.24, 2.45) is 0 Å². The number of hydrogen-bond acceptors (Lipinski definition) is 1. The second-order valence-corrected chi connectivity index (χ2v) is 5.45. The predicted octanol–water partition coefficient (Wildman–Crippen LogP) is 5.55. The van der Waals surface area contributed by atoms with Gasteiger partial charge in [0.25, 0.3) is 0 Å². The molecule has 1 N–H and O–H groups in total. The monoisotopic (exact) mass is 345 g/mol. The molecule has 2 rings (SSSR count). The first-order chi connectivity index (χ1) is 8.97. The van der Waals surface area contributed by atoms with Gasteiger partial charge in [-0.3, -0.25) is 0 Å². The summed E-state index contributed by atoms with van der Waals surface area (Å²) in [6.07, 6.45) is 0. The molecule has 0 bridgehead atoms. The molecule has 0 saturated heterocycles. The van der Waals surface area contributed by atoms with Crippen LogP contribution >= 0.6 is 27.5 Å². The minimum Gasteiger partial charge on any atom is -0.378 e. The molecule has 100 valence electrons. The van der Waals surface area contributed by atoms with Crippen molar-refractivity contribution >= 4 is 33.2 Å². The molecule has 0 fully saturated rings. The maximum absolute atomic E-state index is 13.2. The molecule has 2 aromatic carbocycles. The minimum atomic E-state index is -0.851. The molecule has 1 atom stereocenters. The van der Waals surface area contributed by atoms with Crippen LogP contribution in [-0.4, -0.2) is 0 Å². The van der Waals surface area contributed by atoms with Crippen LogP contribution in [-0.2, 0) is 0 Å². The Morgan fingerprint density at radius 2 is 1.84 bits per heavy atom. The second-order valence-electron chi connectivity index (χ2n) is 4.16. The highest BCUT2D eigenvalue weighted by atomic mass is 79.9. The van der Waals surface area contributed by atoms with E-state index in [1.807, 2.05) is 13.0 Å². The van der Waals surface area contributed by atoms with Gasteiger partial charge in [-0.2, -0.15) is 0 Å². The zero-order valence-corrected chi connectivity index (χ0v) is 12.4. The molecule has 2 aromatic rings. The van der Waals surface area contributed by atoms with Crippen LogP contribution in [0.4, 0.5) is 14.5 Å². The van der Waals surface area contributed by atoms with Crippen molar-refractivity contribution in [2.75, 3.05) is 5.32 Å². The van der Waals surface area contributed by atoms with Crippen LogP contribution in [0.2, 0.25) is 5.02 Å². The summed E-state index contributed by atoms with van der Waals surface area (Å²) >= 11 is 9.32. The lowest BCUT2D eigenvalue weighted by molar-refractivity contribution is 0.506. The summed E-state index contributed by atoms with van der Waals surface area (Å²) in [4.78, 5) is 0. The molecule has 0 heterocycles. The Bertz CT molecular complexity index is 604. The van der Waals surface area contributed by atoms with Gasteiger partial charge in [-0.25, -0.2) is 8.78 Å². The number of hydrogen-bond donors (Lipinski definition) is 1. The highest BCUT2D eigenvalue weighted by molar-refractivity contribution is 9.10. The van der Waals surface area contributed by atoms with E-state index in [0.717, 1.165) is 16.2 Å². The summed E-state index contributed by atoms with van der Waals surface area (Å²) in [6, 6.07) is 9.03. The molecule has 0 aliphatic rings. The fourth-order valence-corrected chi connectivity index (χ4v) is 2.24. The van der Waals surface area contributed by atoms with Crippen LogP contribution in [0.15, 0.2) is 40.9 Å². The van der Waals surface area contributed by atoms with Crippen LogP contribution in [0.5, 0.6) is 0 Å². The number of anilines is 1. The molecular formula is C14H11BrClF2N. The molecule has 19 heavy (non-hydrogen) atoms. The molecule has 0 amide bonds. The van der Waals surface area contributed by atoms with Gasteiger partial charge in [0.05, 0.1) is 5.69 Å². The van der Waals surface area contributed by atoms with E-state index in [9.17, 15) is 8.78 Å². The first-order valence-electron chi connectivity index (χ1n) is 5.64. The molecule has 5 heteroatoms.